The second-order valence-electron chi connectivity index (χ2n) is 9.04. The summed E-state index contributed by atoms with van der Waals surface area (Å²) >= 11 is 5.93. The molecule has 2 atom stereocenters. The van der Waals surface area contributed by atoms with E-state index in [0.29, 0.717) is 10.9 Å². The molecule has 2 aromatic carbocycles. The van der Waals surface area contributed by atoms with Crippen molar-refractivity contribution in [2.45, 2.75) is 32.9 Å². The Hall–Kier alpha value is -3.84. The predicted octanol–water partition coefficient (Wildman–Crippen LogP) is 5.99. The highest BCUT2D eigenvalue weighted by Gasteiger charge is 2.43. The van der Waals surface area contributed by atoms with E-state index in [-0.39, 0.29) is 12.1 Å². The summed E-state index contributed by atoms with van der Waals surface area (Å²) in [7, 11) is 3.32. The van der Waals surface area contributed by atoms with Gasteiger partial charge in [0.2, 0.25) is 0 Å². The van der Waals surface area contributed by atoms with Gasteiger partial charge in [-0.1, -0.05) is 18.2 Å². The fourth-order valence-electron chi connectivity index (χ4n) is 5.17. The number of benzene rings is 2. The Morgan fingerprint density at radius 3 is 2.44 bits per heavy atom. The van der Waals surface area contributed by atoms with Crippen LogP contribution in [-0.4, -0.2) is 28.9 Å². The van der Waals surface area contributed by atoms with Crippen molar-refractivity contribution in [1.82, 2.24) is 14.9 Å². The molecule has 0 unspecified atom stereocenters. The van der Waals surface area contributed by atoms with E-state index >= 15 is 0 Å². The second-order valence-corrected chi connectivity index (χ2v) is 9.42. The van der Waals surface area contributed by atoms with Crippen molar-refractivity contribution < 1.29 is 9.47 Å². The Labute approximate surface area is 217 Å². The number of anilines is 1. The van der Waals surface area contributed by atoms with Gasteiger partial charge in [0.05, 0.1) is 37.7 Å². The zero-order chi connectivity index (χ0) is 25.4. The molecule has 184 valence electrons. The van der Waals surface area contributed by atoms with Gasteiger partial charge in [0.1, 0.15) is 11.5 Å². The number of nitrogens with zero attached hydrogens (tertiary/aromatic N) is 3. The zero-order valence-electron chi connectivity index (χ0n) is 21.1. The number of ether oxygens (including phenoxy) is 2. The van der Waals surface area contributed by atoms with Crippen LogP contribution in [-0.2, 0) is 0 Å². The summed E-state index contributed by atoms with van der Waals surface area (Å²) in [6.07, 6.45) is 1.82. The highest BCUT2D eigenvalue weighted by atomic mass is 32.1. The molecule has 0 saturated carbocycles. The fourth-order valence-corrected chi connectivity index (χ4v) is 5.50. The number of hydrogen-bond acceptors (Lipinski definition) is 4. The standard InChI is InChI=1S/C29H30N4O2S/c1-18-9-8-10-21(15-18)32-19(2)16-23(20(32)3)28-27(24-11-6-7-14-30-24)31-29(36)33(28)25-13-12-22(34-4)17-26(25)35-5/h6-17,27-28H,1-5H3,(H,31,36)/t27-,28-/m1/s1. The second kappa shape index (κ2) is 9.66. The van der Waals surface area contributed by atoms with Gasteiger partial charge in [-0.05, 0) is 86.6 Å². The Bertz CT molecular complexity index is 1420. The summed E-state index contributed by atoms with van der Waals surface area (Å²) in [6.45, 7) is 6.44. The summed E-state index contributed by atoms with van der Waals surface area (Å²) in [5.74, 6) is 1.42. The average Bonchev–Trinajstić information content (AvgIpc) is 3.38. The lowest BCUT2D eigenvalue weighted by Gasteiger charge is -2.29. The van der Waals surface area contributed by atoms with Gasteiger partial charge in [0.25, 0.3) is 0 Å². The van der Waals surface area contributed by atoms with Crippen LogP contribution >= 0.6 is 12.2 Å². The highest BCUT2D eigenvalue weighted by Crippen LogP contribution is 2.46. The Morgan fingerprint density at radius 1 is 0.917 bits per heavy atom. The zero-order valence-corrected chi connectivity index (χ0v) is 22.0. The third kappa shape index (κ3) is 4.09. The lowest BCUT2D eigenvalue weighted by atomic mass is 9.96. The van der Waals surface area contributed by atoms with Crippen LogP contribution in [0.2, 0.25) is 0 Å². The average molecular weight is 499 g/mol. The fraction of sp³-hybridized carbons (Fsp3) is 0.241. The van der Waals surface area contributed by atoms with Crippen LogP contribution in [0.1, 0.15) is 40.3 Å². The SMILES string of the molecule is COc1ccc(N2C(=S)N[C@H](c3ccccn3)[C@H]2c2cc(C)n(-c3cccc(C)c3)c2C)c(OC)c1. The third-order valence-electron chi connectivity index (χ3n) is 6.79. The molecule has 1 saturated heterocycles. The van der Waals surface area contributed by atoms with Crippen LogP contribution in [0, 0.1) is 20.8 Å². The maximum absolute atomic E-state index is 5.93. The quantitative estimate of drug-likeness (QED) is 0.330. The van der Waals surface area contributed by atoms with Gasteiger partial charge in [-0.15, -0.1) is 0 Å². The molecule has 1 aliphatic rings. The number of hydrogen-bond donors (Lipinski definition) is 1. The molecule has 0 spiro atoms. The first-order chi connectivity index (χ1) is 17.4. The molecule has 6 nitrogen and oxygen atoms in total. The number of aryl methyl sites for hydroxylation is 2. The number of methoxy groups -OCH3 is 2. The molecule has 7 heteroatoms. The van der Waals surface area contributed by atoms with E-state index in [1.165, 1.54) is 11.1 Å². The minimum absolute atomic E-state index is 0.139. The predicted molar refractivity (Wildman–Crippen MR) is 147 cm³/mol. The van der Waals surface area contributed by atoms with Crippen LogP contribution < -0.4 is 19.7 Å². The van der Waals surface area contributed by atoms with E-state index in [9.17, 15) is 0 Å². The molecule has 1 fully saturated rings. The largest absolute Gasteiger partial charge is 0.497 e. The topological polar surface area (TPSA) is 51.5 Å². The number of rotatable bonds is 6. The van der Waals surface area contributed by atoms with Gasteiger partial charge in [-0.25, -0.2) is 0 Å². The van der Waals surface area contributed by atoms with Crippen molar-refractivity contribution in [3.63, 3.8) is 0 Å². The van der Waals surface area contributed by atoms with Crippen LogP contribution in [0.3, 0.4) is 0 Å². The maximum atomic E-state index is 5.93. The molecule has 1 N–H and O–H groups in total. The van der Waals surface area contributed by atoms with Crippen molar-refractivity contribution in [3.05, 3.63) is 101 Å². The van der Waals surface area contributed by atoms with Gasteiger partial charge in [-0.3, -0.25) is 4.98 Å². The summed E-state index contributed by atoms with van der Waals surface area (Å²) in [4.78, 5) is 6.84. The minimum atomic E-state index is -0.142. The molecule has 2 aromatic heterocycles. The van der Waals surface area contributed by atoms with Crippen molar-refractivity contribution in [3.8, 4) is 17.2 Å². The van der Waals surface area contributed by atoms with E-state index in [4.69, 9.17) is 26.7 Å². The van der Waals surface area contributed by atoms with Crippen molar-refractivity contribution in [2.75, 3.05) is 19.1 Å². The van der Waals surface area contributed by atoms with Gasteiger partial charge in [-0.2, -0.15) is 0 Å². The number of pyridine rings is 1. The van der Waals surface area contributed by atoms with Crippen LogP contribution in [0.25, 0.3) is 5.69 Å². The van der Waals surface area contributed by atoms with Crippen LogP contribution in [0.5, 0.6) is 11.5 Å². The number of nitrogens with one attached hydrogen (secondary N) is 1. The number of thiocarbonyl (C=S) groups is 1. The molecule has 5 rings (SSSR count). The molecular weight excluding hydrogens is 468 g/mol. The third-order valence-corrected chi connectivity index (χ3v) is 7.11. The monoisotopic (exact) mass is 498 g/mol. The first kappa shape index (κ1) is 23.9. The van der Waals surface area contributed by atoms with Crippen LogP contribution in [0.4, 0.5) is 5.69 Å². The van der Waals surface area contributed by atoms with Gasteiger partial charge < -0.3 is 24.3 Å². The van der Waals surface area contributed by atoms with E-state index in [1.54, 1.807) is 14.2 Å². The molecular formula is C29H30N4O2S. The molecule has 36 heavy (non-hydrogen) atoms. The minimum Gasteiger partial charge on any atom is -0.497 e. The first-order valence-electron chi connectivity index (χ1n) is 11.9. The van der Waals surface area contributed by atoms with Crippen LogP contribution in [0.15, 0.2) is 72.9 Å². The Morgan fingerprint density at radius 2 is 1.75 bits per heavy atom. The maximum Gasteiger partial charge on any atom is 0.174 e. The molecule has 0 aliphatic carbocycles. The van der Waals surface area contributed by atoms with Crippen molar-refractivity contribution in [1.29, 1.82) is 0 Å². The highest BCUT2D eigenvalue weighted by molar-refractivity contribution is 7.80. The van der Waals surface area contributed by atoms with Gasteiger partial charge in [0.15, 0.2) is 5.11 Å². The molecule has 0 radical (unpaired) electrons. The van der Waals surface area contributed by atoms with Crippen molar-refractivity contribution >= 4 is 23.0 Å². The van der Waals surface area contributed by atoms with Crippen molar-refractivity contribution in [2.24, 2.45) is 0 Å². The van der Waals surface area contributed by atoms with E-state index in [1.807, 2.05) is 42.6 Å². The molecule has 0 amide bonds. The summed E-state index contributed by atoms with van der Waals surface area (Å²) in [5.41, 5.74) is 7.67. The smallest absolute Gasteiger partial charge is 0.174 e. The van der Waals surface area contributed by atoms with E-state index in [2.05, 4.69) is 65.9 Å². The van der Waals surface area contributed by atoms with Gasteiger partial charge in [0, 0.05) is 29.3 Å². The number of aromatic nitrogens is 2. The lowest BCUT2D eigenvalue weighted by Crippen LogP contribution is -2.30. The molecule has 1 aliphatic heterocycles. The molecule has 0 bridgehead atoms. The van der Waals surface area contributed by atoms with E-state index in [0.717, 1.165) is 34.2 Å². The summed E-state index contributed by atoms with van der Waals surface area (Å²) in [6, 6.07) is 22.4. The lowest BCUT2D eigenvalue weighted by molar-refractivity contribution is 0.394. The Balaban J connectivity index is 1.70. The molecule has 4 aromatic rings. The first-order valence-corrected chi connectivity index (χ1v) is 12.3. The van der Waals surface area contributed by atoms with Gasteiger partial charge >= 0.3 is 0 Å². The van der Waals surface area contributed by atoms with E-state index < -0.39 is 0 Å². The normalized spacial score (nSPS) is 17.2. The summed E-state index contributed by atoms with van der Waals surface area (Å²) in [5, 5.41) is 4.18. The summed E-state index contributed by atoms with van der Waals surface area (Å²) < 4.78 is 13.5. The molecule has 3 heterocycles. The Kier molecular flexibility index (Phi) is 6.41.